The van der Waals surface area contributed by atoms with Crippen LogP contribution < -0.4 is 5.32 Å². The Balaban J connectivity index is 2.09. The summed E-state index contributed by atoms with van der Waals surface area (Å²) in [6, 6.07) is 0. The molecule has 2 atom stereocenters. The van der Waals surface area contributed by atoms with Crippen LogP contribution in [0, 0.1) is 18.3 Å². The molecule has 0 spiro atoms. The first-order valence-electron chi connectivity index (χ1n) is 6.88. The zero-order valence-electron chi connectivity index (χ0n) is 12.8. The van der Waals surface area contributed by atoms with Gasteiger partial charge in [-0.25, -0.2) is 0 Å². The normalized spacial score (nSPS) is 26.4. The molecule has 1 aromatic heterocycles. The average Bonchev–Trinajstić information content (AvgIpc) is 2.54. The van der Waals surface area contributed by atoms with Crippen molar-refractivity contribution in [2.75, 3.05) is 6.54 Å². The minimum atomic E-state index is 0.202. The van der Waals surface area contributed by atoms with Crippen LogP contribution in [-0.4, -0.2) is 21.9 Å². The standard InChI is InChI=1S/C15H27N3/c1-10-11(9-18(7)17-10)13-12(15(13,5)6)8-16-14(2,3)4/h9,12-13,16H,8H2,1-7H3. The van der Waals surface area contributed by atoms with E-state index in [2.05, 4.69) is 58.2 Å². The van der Waals surface area contributed by atoms with Crippen molar-refractivity contribution in [1.29, 1.82) is 0 Å². The number of hydrogen-bond acceptors (Lipinski definition) is 2. The third kappa shape index (κ3) is 2.46. The molecule has 0 radical (unpaired) electrons. The minimum Gasteiger partial charge on any atom is -0.312 e. The molecule has 0 aliphatic heterocycles. The Bertz CT molecular complexity index is 437. The molecule has 1 saturated carbocycles. The van der Waals surface area contributed by atoms with Gasteiger partial charge in [0.15, 0.2) is 0 Å². The van der Waals surface area contributed by atoms with E-state index in [1.807, 2.05) is 11.7 Å². The summed E-state index contributed by atoms with van der Waals surface area (Å²) in [7, 11) is 2.01. The predicted octanol–water partition coefficient (Wildman–Crippen LogP) is 2.86. The van der Waals surface area contributed by atoms with E-state index >= 15 is 0 Å². The Morgan fingerprint density at radius 2 is 2.00 bits per heavy atom. The van der Waals surface area contributed by atoms with Gasteiger partial charge in [0, 0.05) is 18.8 Å². The number of aryl methyl sites for hydroxylation is 2. The minimum absolute atomic E-state index is 0.202. The predicted molar refractivity (Wildman–Crippen MR) is 75.7 cm³/mol. The lowest BCUT2D eigenvalue weighted by Gasteiger charge is -2.21. The van der Waals surface area contributed by atoms with Crippen LogP contribution in [0.1, 0.15) is 51.8 Å². The fourth-order valence-corrected chi connectivity index (χ4v) is 3.08. The van der Waals surface area contributed by atoms with E-state index in [9.17, 15) is 0 Å². The molecule has 1 fully saturated rings. The summed E-state index contributed by atoms with van der Waals surface area (Å²) >= 11 is 0. The topological polar surface area (TPSA) is 29.9 Å². The Kier molecular flexibility index (Phi) is 3.09. The molecule has 1 aliphatic rings. The summed E-state index contributed by atoms with van der Waals surface area (Å²) in [5.41, 5.74) is 3.22. The van der Waals surface area contributed by atoms with Crippen molar-refractivity contribution in [2.45, 2.75) is 53.0 Å². The Labute approximate surface area is 111 Å². The first kappa shape index (κ1) is 13.6. The molecular weight excluding hydrogens is 222 g/mol. The summed E-state index contributed by atoms with van der Waals surface area (Å²) in [5, 5.41) is 8.12. The molecule has 1 heterocycles. The van der Waals surface area contributed by atoms with Crippen molar-refractivity contribution >= 4 is 0 Å². The van der Waals surface area contributed by atoms with Gasteiger partial charge in [0.1, 0.15) is 0 Å². The van der Waals surface area contributed by atoms with Gasteiger partial charge in [-0.15, -0.1) is 0 Å². The van der Waals surface area contributed by atoms with Crippen LogP contribution in [0.5, 0.6) is 0 Å². The van der Waals surface area contributed by atoms with Crippen LogP contribution in [0.25, 0.3) is 0 Å². The second-order valence-electron chi connectivity index (χ2n) is 7.38. The summed E-state index contributed by atoms with van der Waals surface area (Å²) in [4.78, 5) is 0. The Morgan fingerprint density at radius 1 is 1.39 bits per heavy atom. The molecule has 0 saturated heterocycles. The third-order valence-electron chi connectivity index (χ3n) is 4.29. The monoisotopic (exact) mass is 249 g/mol. The van der Waals surface area contributed by atoms with Gasteiger partial charge in [-0.1, -0.05) is 13.8 Å². The summed E-state index contributed by atoms with van der Waals surface area (Å²) in [6.07, 6.45) is 2.19. The van der Waals surface area contributed by atoms with Crippen molar-refractivity contribution < 1.29 is 0 Å². The van der Waals surface area contributed by atoms with Crippen molar-refractivity contribution in [1.82, 2.24) is 15.1 Å². The molecule has 18 heavy (non-hydrogen) atoms. The van der Waals surface area contributed by atoms with Crippen LogP contribution in [0.3, 0.4) is 0 Å². The number of aromatic nitrogens is 2. The van der Waals surface area contributed by atoms with E-state index < -0.39 is 0 Å². The fourth-order valence-electron chi connectivity index (χ4n) is 3.08. The lowest BCUT2D eigenvalue weighted by molar-refractivity contribution is 0.396. The summed E-state index contributed by atoms with van der Waals surface area (Å²) < 4.78 is 1.94. The van der Waals surface area contributed by atoms with Crippen LogP contribution >= 0.6 is 0 Å². The molecule has 0 aromatic carbocycles. The maximum absolute atomic E-state index is 4.48. The molecule has 3 heteroatoms. The SMILES string of the molecule is Cc1nn(C)cc1C1C(CNC(C)(C)C)C1(C)C. The van der Waals surface area contributed by atoms with Crippen LogP contribution in [-0.2, 0) is 7.05 Å². The quantitative estimate of drug-likeness (QED) is 0.892. The summed E-state index contributed by atoms with van der Waals surface area (Å²) in [5.74, 6) is 1.38. The lowest BCUT2D eigenvalue weighted by atomic mass is 10.0. The first-order chi connectivity index (χ1) is 8.13. The van der Waals surface area contributed by atoms with Gasteiger partial charge < -0.3 is 5.32 Å². The molecule has 102 valence electrons. The van der Waals surface area contributed by atoms with Gasteiger partial charge in [0.05, 0.1) is 5.69 Å². The third-order valence-corrected chi connectivity index (χ3v) is 4.29. The van der Waals surface area contributed by atoms with Gasteiger partial charge in [-0.2, -0.15) is 5.10 Å². The number of nitrogens with zero attached hydrogens (tertiary/aromatic N) is 2. The van der Waals surface area contributed by atoms with E-state index in [0.29, 0.717) is 11.3 Å². The van der Waals surface area contributed by atoms with Gasteiger partial charge >= 0.3 is 0 Å². The number of rotatable bonds is 3. The second kappa shape index (κ2) is 4.09. The zero-order chi connectivity index (χ0) is 13.7. The van der Waals surface area contributed by atoms with E-state index in [1.165, 1.54) is 11.3 Å². The highest BCUT2D eigenvalue weighted by Gasteiger charge is 2.58. The van der Waals surface area contributed by atoms with Crippen molar-refractivity contribution in [2.24, 2.45) is 18.4 Å². The number of nitrogens with one attached hydrogen (secondary N) is 1. The molecule has 1 aromatic rings. The molecule has 1 N–H and O–H groups in total. The largest absolute Gasteiger partial charge is 0.312 e. The van der Waals surface area contributed by atoms with Gasteiger partial charge in [-0.3, -0.25) is 4.68 Å². The van der Waals surface area contributed by atoms with Crippen molar-refractivity contribution in [3.63, 3.8) is 0 Å². The lowest BCUT2D eigenvalue weighted by Crippen LogP contribution is -2.37. The van der Waals surface area contributed by atoms with Crippen LogP contribution in [0.15, 0.2) is 6.20 Å². The van der Waals surface area contributed by atoms with Gasteiger partial charge in [0.2, 0.25) is 0 Å². The van der Waals surface area contributed by atoms with E-state index in [-0.39, 0.29) is 5.54 Å². The van der Waals surface area contributed by atoms with E-state index in [0.717, 1.165) is 12.5 Å². The Morgan fingerprint density at radius 3 is 2.44 bits per heavy atom. The second-order valence-corrected chi connectivity index (χ2v) is 7.38. The molecule has 0 bridgehead atoms. The highest BCUT2D eigenvalue weighted by molar-refractivity contribution is 5.33. The van der Waals surface area contributed by atoms with Gasteiger partial charge in [-0.05, 0) is 57.1 Å². The van der Waals surface area contributed by atoms with E-state index in [1.54, 1.807) is 0 Å². The van der Waals surface area contributed by atoms with Crippen LogP contribution in [0.2, 0.25) is 0 Å². The first-order valence-corrected chi connectivity index (χ1v) is 6.88. The average molecular weight is 249 g/mol. The fraction of sp³-hybridized carbons (Fsp3) is 0.800. The zero-order valence-corrected chi connectivity index (χ0v) is 12.8. The van der Waals surface area contributed by atoms with Crippen molar-refractivity contribution in [3.8, 4) is 0 Å². The maximum Gasteiger partial charge on any atom is 0.0628 e. The van der Waals surface area contributed by atoms with Crippen LogP contribution in [0.4, 0.5) is 0 Å². The molecule has 1 aliphatic carbocycles. The molecule has 2 unspecified atom stereocenters. The Hall–Kier alpha value is -0.830. The number of hydrogen-bond donors (Lipinski definition) is 1. The summed E-state index contributed by atoms with van der Waals surface area (Å²) in [6.45, 7) is 14.7. The molecular formula is C15H27N3. The highest BCUT2D eigenvalue weighted by atomic mass is 15.3. The molecule has 2 rings (SSSR count). The molecule has 0 amide bonds. The molecule has 3 nitrogen and oxygen atoms in total. The maximum atomic E-state index is 4.48. The smallest absolute Gasteiger partial charge is 0.0628 e. The van der Waals surface area contributed by atoms with Gasteiger partial charge in [0.25, 0.3) is 0 Å². The van der Waals surface area contributed by atoms with E-state index in [4.69, 9.17) is 0 Å². The highest BCUT2D eigenvalue weighted by Crippen LogP contribution is 2.64. The van der Waals surface area contributed by atoms with Crippen molar-refractivity contribution in [3.05, 3.63) is 17.5 Å².